The number of fused-ring (bicyclic) bond motifs is 6. The molecule has 4 aromatic heterocycles. The predicted molar refractivity (Wildman–Crippen MR) is 229 cm³/mol. The van der Waals surface area contributed by atoms with Gasteiger partial charge in [-0.3, -0.25) is 0 Å². The molecule has 0 aliphatic heterocycles. The van der Waals surface area contributed by atoms with Gasteiger partial charge < -0.3 is 0 Å². The van der Waals surface area contributed by atoms with Crippen LogP contribution in [-0.4, -0.2) is 19.9 Å². The van der Waals surface area contributed by atoms with Gasteiger partial charge in [0.1, 0.15) is 0 Å². The first-order chi connectivity index (χ1) is 27.0. The first kappa shape index (κ1) is 32.9. The Balaban J connectivity index is 0.897. The number of rotatable bonds is 6. The molecule has 4 heterocycles. The van der Waals surface area contributed by atoms with Crippen LogP contribution in [0, 0.1) is 13.8 Å². The minimum Gasteiger partial charge on any atom is -0.245 e. The number of aryl methyl sites for hydroxylation is 2. The van der Waals surface area contributed by atoms with Gasteiger partial charge in [0.05, 0.1) is 44.8 Å². The molecule has 0 unspecified atom stereocenters. The van der Waals surface area contributed by atoms with Gasteiger partial charge in [-0.25, -0.2) is 19.9 Å². The second kappa shape index (κ2) is 13.6. The summed E-state index contributed by atoms with van der Waals surface area (Å²) in [7, 11) is 0. The van der Waals surface area contributed by atoms with E-state index in [0.717, 1.165) is 98.4 Å². The number of pyridine rings is 4. The van der Waals surface area contributed by atoms with Crippen LogP contribution in [-0.2, 0) is 0 Å². The summed E-state index contributed by atoms with van der Waals surface area (Å²) in [5.74, 6) is 0. The van der Waals surface area contributed by atoms with E-state index in [1.54, 1.807) is 11.8 Å². The average Bonchev–Trinajstić information content (AvgIpc) is 3.24. The van der Waals surface area contributed by atoms with Gasteiger partial charge in [0, 0.05) is 53.6 Å². The summed E-state index contributed by atoms with van der Waals surface area (Å²) in [6.45, 7) is 4.20. The molecule has 0 atom stereocenters. The lowest BCUT2D eigenvalue weighted by molar-refractivity contribution is 1.34. The molecule has 5 heteroatoms. The van der Waals surface area contributed by atoms with Gasteiger partial charge >= 0.3 is 0 Å². The summed E-state index contributed by atoms with van der Waals surface area (Å²) >= 11 is 1.74. The zero-order chi connectivity index (χ0) is 36.9. The molecule has 0 spiro atoms. The van der Waals surface area contributed by atoms with Crippen molar-refractivity contribution in [2.24, 2.45) is 0 Å². The van der Waals surface area contributed by atoms with Crippen molar-refractivity contribution in [3.8, 4) is 45.0 Å². The van der Waals surface area contributed by atoms with Crippen molar-refractivity contribution < 1.29 is 0 Å². The smallest absolute Gasteiger partial charge is 0.0972 e. The lowest BCUT2D eigenvalue weighted by Crippen LogP contribution is -1.91. The highest BCUT2D eigenvalue weighted by Crippen LogP contribution is 2.34. The van der Waals surface area contributed by atoms with Crippen molar-refractivity contribution >= 4 is 55.4 Å². The third-order valence-electron chi connectivity index (χ3n) is 10.3. The Morgan fingerprint density at radius 1 is 0.273 bits per heavy atom. The van der Waals surface area contributed by atoms with Crippen molar-refractivity contribution in [3.05, 3.63) is 181 Å². The van der Waals surface area contributed by atoms with E-state index in [2.05, 4.69) is 184 Å². The number of benzene rings is 6. The number of hydrogen-bond donors (Lipinski definition) is 0. The standard InChI is InChI=1S/C50H34N4S/c1-31-3-7-33(8-4-31)43-27-19-37-11-13-39-21-29-45(53-49(39)47(37)51-43)35-15-23-41(24-16-35)55-42-25-17-36(18-26-42)46-30-22-40-14-12-38-20-28-44(52-48(38)50(40)54-46)34-9-5-32(2)6-10-34/h3-30H,1-2H3. The SMILES string of the molecule is Cc1ccc(-c2ccc3ccc4ccc(-c5ccc(Sc6ccc(-c7ccc8ccc9ccc(-c%10ccc(C)cc%10)nc9c8n7)cc6)cc5)nc4c3n2)cc1. The Morgan fingerprint density at radius 2 is 0.509 bits per heavy atom. The quantitative estimate of drug-likeness (QED) is 0.160. The fraction of sp³-hybridized carbons (Fsp3) is 0.0400. The summed E-state index contributed by atoms with van der Waals surface area (Å²) < 4.78 is 0. The first-order valence-electron chi connectivity index (χ1n) is 18.4. The van der Waals surface area contributed by atoms with Crippen molar-refractivity contribution in [1.82, 2.24) is 19.9 Å². The second-order valence-corrected chi connectivity index (χ2v) is 15.2. The van der Waals surface area contributed by atoms with E-state index in [1.165, 1.54) is 11.1 Å². The fourth-order valence-electron chi connectivity index (χ4n) is 7.15. The van der Waals surface area contributed by atoms with Gasteiger partial charge in [-0.1, -0.05) is 144 Å². The van der Waals surface area contributed by atoms with Crippen molar-refractivity contribution in [3.63, 3.8) is 0 Å². The zero-order valence-electron chi connectivity index (χ0n) is 30.4. The molecule has 4 nitrogen and oxygen atoms in total. The lowest BCUT2D eigenvalue weighted by Gasteiger charge is -2.09. The van der Waals surface area contributed by atoms with Gasteiger partial charge in [-0.2, -0.15) is 0 Å². The topological polar surface area (TPSA) is 51.6 Å². The van der Waals surface area contributed by atoms with Crippen molar-refractivity contribution in [1.29, 1.82) is 0 Å². The summed E-state index contributed by atoms with van der Waals surface area (Å²) in [5, 5.41) is 4.33. The lowest BCUT2D eigenvalue weighted by atomic mass is 10.1. The van der Waals surface area contributed by atoms with Crippen LogP contribution in [0.4, 0.5) is 0 Å². The maximum atomic E-state index is 5.15. The van der Waals surface area contributed by atoms with Crippen LogP contribution in [0.25, 0.3) is 88.6 Å². The molecule has 260 valence electrons. The minimum absolute atomic E-state index is 0.917. The van der Waals surface area contributed by atoms with E-state index in [4.69, 9.17) is 19.9 Å². The molecule has 0 aliphatic rings. The molecule has 10 rings (SSSR count). The summed E-state index contributed by atoms with van der Waals surface area (Å²) in [6.07, 6.45) is 0. The largest absolute Gasteiger partial charge is 0.245 e. The molecule has 0 fully saturated rings. The van der Waals surface area contributed by atoms with Crippen LogP contribution < -0.4 is 0 Å². The molecule has 6 aromatic carbocycles. The summed E-state index contributed by atoms with van der Waals surface area (Å²) in [5.41, 5.74) is 14.3. The fourth-order valence-corrected chi connectivity index (χ4v) is 7.97. The molecule has 0 N–H and O–H groups in total. The molecule has 0 radical (unpaired) electrons. The molecular formula is C50H34N4S. The van der Waals surface area contributed by atoms with Crippen LogP contribution in [0.1, 0.15) is 11.1 Å². The highest BCUT2D eigenvalue weighted by Gasteiger charge is 2.12. The van der Waals surface area contributed by atoms with E-state index in [9.17, 15) is 0 Å². The third-order valence-corrected chi connectivity index (χ3v) is 11.3. The highest BCUT2D eigenvalue weighted by molar-refractivity contribution is 7.99. The van der Waals surface area contributed by atoms with Gasteiger partial charge in [-0.05, 0) is 62.4 Å². The third kappa shape index (κ3) is 6.39. The van der Waals surface area contributed by atoms with E-state index in [1.807, 2.05) is 0 Å². The molecule has 0 bridgehead atoms. The van der Waals surface area contributed by atoms with E-state index in [-0.39, 0.29) is 0 Å². The van der Waals surface area contributed by atoms with Gasteiger partial charge in [0.15, 0.2) is 0 Å². The van der Waals surface area contributed by atoms with Gasteiger partial charge in [0.25, 0.3) is 0 Å². The second-order valence-electron chi connectivity index (χ2n) is 14.1. The average molecular weight is 723 g/mol. The van der Waals surface area contributed by atoms with Gasteiger partial charge in [-0.15, -0.1) is 0 Å². The minimum atomic E-state index is 0.917. The molecule has 10 aromatic rings. The van der Waals surface area contributed by atoms with Crippen LogP contribution in [0.2, 0.25) is 0 Å². The number of nitrogens with zero attached hydrogens (tertiary/aromatic N) is 4. The molecule has 0 aliphatic carbocycles. The predicted octanol–water partition coefficient (Wildman–Crippen LogP) is 13.3. The Labute approximate surface area is 323 Å². The van der Waals surface area contributed by atoms with Gasteiger partial charge in [0.2, 0.25) is 0 Å². The Hall–Kier alpha value is -6.69. The molecular weight excluding hydrogens is 689 g/mol. The Bertz CT molecular complexity index is 2840. The molecule has 0 saturated carbocycles. The number of hydrogen-bond acceptors (Lipinski definition) is 5. The van der Waals surface area contributed by atoms with Crippen molar-refractivity contribution in [2.75, 3.05) is 0 Å². The monoisotopic (exact) mass is 722 g/mol. The first-order valence-corrected chi connectivity index (χ1v) is 19.3. The zero-order valence-corrected chi connectivity index (χ0v) is 31.2. The summed E-state index contributed by atoms with van der Waals surface area (Å²) in [6, 6.07) is 59.8. The number of aromatic nitrogens is 4. The molecule has 0 amide bonds. The van der Waals surface area contributed by atoms with Crippen molar-refractivity contribution in [2.45, 2.75) is 23.6 Å². The maximum Gasteiger partial charge on any atom is 0.0972 e. The van der Waals surface area contributed by atoms with Crippen LogP contribution >= 0.6 is 11.8 Å². The summed E-state index contributed by atoms with van der Waals surface area (Å²) in [4.78, 5) is 22.8. The molecule has 0 saturated heterocycles. The van der Waals surface area contributed by atoms with Crippen LogP contribution in [0.15, 0.2) is 180 Å². The molecule has 55 heavy (non-hydrogen) atoms. The Morgan fingerprint density at radius 3 is 0.782 bits per heavy atom. The highest BCUT2D eigenvalue weighted by atomic mass is 32.2. The van der Waals surface area contributed by atoms with Crippen LogP contribution in [0.5, 0.6) is 0 Å². The van der Waals surface area contributed by atoms with E-state index >= 15 is 0 Å². The maximum absolute atomic E-state index is 5.15. The van der Waals surface area contributed by atoms with E-state index in [0.29, 0.717) is 0 Å². The Kier molecular flexibility index (Phi) is 8.15. The normalized spacial score (nSPS) is 11.5. The van der Waals surface area contributed by atoms with Crippen LogP contribution in [0.3, 0.4) is 0 Å². The van der Waals surface area contributed by atoms with E-state index < -0.39 is 0 Å².